The SMILES string of the molecule is O=C(CCC1CCCO1)NCC1CNCC1O. The number of hydrogen-bond acceptors (Lipinski definition) is 4. The van der Waals surface area contributed by atoms with E-state index in [9.17, 15) is 9.90 Å². The maximum absolute atomic E-state index is 11.6. The van der Waals surface area contributed by atoms with Crippen LogP contribution in [0.2, 0.25) is 0 Å². The van der Waals surface area contributed by atoms with Gasteiger partial charge in [-0.3, -0.25) is 4.79 Å². The summed E-state index contributed by atoms with van der Waals surface area (Å²) in [7, 11) is 0. The number of carbonyl (C=O) groups is 1. The van der Waals surface area contributed by atoms with Crippen molar-refractivity contribution in [2.24, 2.45) is 5.92 Å². The standard InChI is InChI=1S/C12H22N2O3/c15-11-8-13-6-9(11)7-14-12(16)4-3-10-2-1-5-17-10/h9-11,13,15H,1-8H2,(H,14,16). The Kier molecular flexibility index (Phi) is 4.76. The molecule has 2 rings (SSSR count). The van der Waals surface area contributed by atoms with E-state index >= 15 is 0 Å². The van der Waals surface area contributed by atoms with E-state index in [0.717, 1.165) is 32.4 Å². The minimum Gasteiger partial charge on any atom is -0.391 e. The van der Waals surface area contributed by atoms with Gasteiger partial charge in [0.05, 0.1) is 12.2 Å². The van der Waals surface area contributed by atoms with E-state index in [1.54, 1.807) is 0 Å². The average molecular weight is 242 g/mol. The minimum atomic E-state index is -0.325. The molecule has 1 amide bonds. The molecule has 2 fully saturated rings. The molecule has 0 aliphatic carbocycles. The second-order valence-corrected chi connectivity index (χ2v) is 4.96. The molecular formula is C12H22N2O3. The minimum absolute atomic E-state index is 0.0691. The summed E-state index contributed by atoms with van der Waals surface area (Å²) in [4.78, 5) is 11.6. The zero-order chi connectivity index (χ0) is 12.1. The lowest BCUT2D eigenvalue weighted by Gasteiger charge is -2.14. The quantitative estimate of drug-likeness (QED) is 0.616. The summed E-state index contributed by atoms with van der Waals surface area (Å²) in [5.74, 6) is 0.223. The summed E-state index contributed by atoms with van der Waals surface area (Å²) < 4.78 is 5.47. The van der Waals surface area contributed by atoms with Crippen molar-refractivity contribution in [3.05, 3.63) is 0 Å². The number of rotatable bonds is 5. The highest BCUT2D eigenvalue weighted by molar-refractivity contribution is 5.75. The van der Waals surface area contributed by atoms with Gasteiger partial charge in [0.1, 0.15) is 0 Å². The first-order chi connectivity index (χ1) is 8.25. The molecule has 2 saturated heterocycles. The Morgan fingerprint density at radius 3 is 3.00 bits per heavy atom. The molecule has 3 N–H and O–H groups in total. The van der Waals surface area contributed by atoms with Gasteiger partial charge in [-0.2, -0.15) is 0 Å². The fourth-order valence-electron chi connectivity index (χ4n) is 2.42. The van der Waals surface area contributed by atoms with Gasteiger partial charge < -0.3 is 20.5 Å². The average Bonchev–Trinajstić information content (AvgIpc) is 2.95. The highest BCUT2D eigenvalue weighted by atomic mass is 16.5. The van der Waals surface area contributed by atoms with Crippen LogP contribution in [0.5, 0.6) is 0 Å². The molecule has 5 nitrogen and oxygen atoms in total. The summed E-state index contributed by atoms with van der Waals surface area (Å²) in [6.45, 7) is 2.83. The Hall–Kier alpha value is -0.650. The van der Waals surface area contributed by atoms with Gasteiger partial charge in [-0.25, -0.2) is 0 Å². The molecule has 2 heterocycles. The third-order valence-electron chi connectivity index (χ3n) is 3.58. The zero-order valence-electron chi connectivity index (χ0n) is 10.2. The van der Waals surface area contributed by atoms with Crippen molar-refractivity contribution in [3.8, 4) is 0 Å². The van der Waals surface area contributed by atoms with Crippen molar-refractivity contribution in [2.45, 2.75) is 37.9 Å². The number of ether oxygens (including phenoxy) is 1. The predicted molar refractivity (Wildman–Crippen MR) is 63.6 cm³/mol. The second-order valence-electron chi connectivity index (χ2n) is 4.96. The third-order valence-corrected chi connectivity index (χ3v) is 3.58. The molecule has 3 atom stereocenters. The van der Waals surface area contributed by atoms with Crippen LogP contribution in [0, 0.1) is 5.92 Å². The summed E-state index contributed by atoms with van der Waals surface area (Å²) in [5.41, 5.74) is 0. The van der Waals surface area contributed by atoms with E-state index in [1.807, 2.05) is 0 Å². The Balaban J connectivity index is 1.57. The van der Waals surface area contributed by atoms with E-state index in [-0.39, 0.29) is 24.0 Å². The van der Waals surface area contributed by atoms with E-state index in [1.165, 1.54) is 0 Å². The van der Waals surface area contributed by atoms with Gasteiger partial charge in [0.2, 0.25) is 5.91 Å². The van der Waals surface area contributed by atoms with Gasteiger partial charge in [-0.05, 0) is 19.3 Å². The van der Waals surface area contributed by atoms with E-state index < -0.39 is 0 Å². The second kappa shape index (κ2) is 6.33. The molecule has 3 unspecified atom stereocenters. The summed E-state index contributed by atoms with van der Waals surface area (Å²) in [6.07, 6.45) is 3.50. The van der Waals surface area contributed by atoms with Gasteiger partial charge in [-0.15, -0.1) is 0 Å². The molecule has 5 heteroatoms. The first-order valence-corrected chi connectivity index (χ1v) is 6.53. The number of nitrogens with one attached hydrogen (secondary N) is 2. The van der Waals surface area contributed by atoms with Gasteiger partial charge >= 0.3 is 0 Å². The van der Waals surface area contributed by atoms with Crippen LogP contribution in [0.25, 0.3) is 0 Å². The number of aliphatic hydroxyl groups excluding tert-OH is 1. The maximum atomic E-state index is 11.6. The predicted octanol–water partition coefficient (Wildman–Crippen LogP) is -0.358. The summed E-state index contributed by atoms with van der Waals surface area (Å²) >= 11 is 0. The van der Waals surface area contributed by atoms with Crippen molar-refractivity contribution in [3.63, 3.8) is 0 Å². The van der Waals surface area contributed by atoms with Gasteiger partial charge in [0.25, 0.3) is 0 Å². The smallest absolute Gasteiger partial charge is 0.220 e. The summed E-state index contributed by atoms with van der Waals surface area (Å²) in [5, 5.41) is 15.6. The number of amides is 1. The molecule has 0 bridgehead atoms. The first-order valence-electron chi connectivity index (χ1n) is 6.53. The van der Waals surface area contributed by atoms with E-state index in [4.69, 9.17) is 4.74 Å². The first kappa shape index (κ1) is 12.8. The molecule has 2 aliphatic heterocycles. The van der Waals surface area contributed by atoms with Gasteiger partial charge in [0, 0.05) is 38.6 Å². The third kappa shape index (κ3) is 3.94. The van der Waals surface area contributed by atoms with Crippen molar-refractivity contribution in [1.29, 1.82) is 0 Å². The van der Waals surface area contributed by atoms with Crippen LogP contribution >= 0.6 is 0 Å². The van der Waals surface area contributed by atoms with E-state index in [2.05, 4.69) is 10.6 Å². The molecular weight excluding hydrogens is 220 g/mol. The van der Waals surface area contributed by atoms with Crippen LogP contribution in [-0.2, 0) is 9.53 Å². The van der Waals surface area contributed by atoms with Crippen molar-refractivity contribution >= 4 is 5.91 Å². The molecule has 0 aromatic carbocycles. The monoisotopic (exact) mass is 242 g/mol. The van der Waals surface area contributed by atoms with Crippen LogP contribution < -0.4 is 10.6 Å². The Morgan fingerprint density at radius 1 is 1.47 bits per heavy atom. The number of aliphatic hydroxyl groups is 1. The number of β-amino-alcohol motifs (C(OH)–C–C–N with tert-alkyl or cyclic N) is 1. The Bertz CT molecular complexity index is 254. The fraction of sp³-hybridized carbons (Fsp3) is 0.917. The van der Waals surface area contributed by atoms with Crippen molar-refractivity contribution in [1.82, 2.24) is 10.6 Å². The molecule has 17 heavy (non-hydrogen) atoms. The molecule has 0 aromatic rings. The summed E-state index contributed by atoms with van der Waals surface area (Å²) in [6, 6.07) is 0. The Labute approximate surface area is 102 Å². The van der Waals surface area contributed by atoms with Gasteiger partial charge in [0.15, 0.2) is 0 Å². The van der Waals surface area contributed by atoms with Crippen molar-refractivity contribution < 1.29 is 14.6 Å². The van der Waals surface area contributed by atoms with Crippen LogP contribution in [0.15, 0.2) is 0 Å². The maximum Gasteiger partial charge on any atom is 0.220 e. The molecule has 0 radical (unpaired) electrons. The zero-order valence-corrected chi connectivity index (χ0v) is 10.2. The van der Waals surface area contributed by atoms with Crippen LogP contribution in [-0.4, -0.2) is 49.5 Å². The molecule has 98 valence electrons. The normalized spacial score (nSPS) is 32.9. The topological polar surface area (TPSA) is 70.6 Å². The lowest BCUT2D eigenvalue weighted by molar-refractivity contribution is -0.122. The lowest BCUT2D eigenvalue weighted by atomic mass is 10.1. The Morgan fingerprint density at radius 2 is 2.35 bits per heavy atom. The van der Waals surface area contributed by atoms with Crippen LogP contribution in [0.3, 0.4) is 0 Å². The molecule has 0 saturated carbocycles. The number of hydrogen-bond donors (Lipinski definition) is 3. The van der Waals surface area contributed by atoms with Crippen molar-refractivity contribution in [2.75, 3.05) is 26.2 Å². The molecule has 0 spiro atoms. The highest BCUT2D eigenvalue weighted by Crippen LogP contribution is 2.16. The molecule has 2 aliphatic rings. The van der Waals surface area contributed by atoms with E-state index in [0.29, 0.717) is 19.5 Å². The molecule has 0 aromatic heterocycles. The van der Waals surface area contributed by atoms with Crippen LogP contribution in [0.4, 0.5) is 0 Å². The highest BCUT2D eigenvalue weighted by Gasteiger charge is 2.25. The van der Waals surface area contributed by atoms with Crippen LogP contribution in [0.1, 0.15) is 25.7 Å². The lowest BCUT2D eigenvalue weighted by Crippen LogP contribution is -2.34. The fourth-order valence-corrected chi connectivity index (χ4v) is 2.42. The largest absolute Gasteiger partial charge is 0.391 e. The number of carbonyl (C=O) groups excluding carboxylic acids is 1. The van der Waals surface area contributed by atoms with Gasteiger partial charge in [-0.1, -0.05) is 0 Å².